The van der Waals surface area contributed by atoms with Crippen molar-refractivity contribution in [1.82, 2.24) is 14.6 Å². The van der Waals surface area contributed by atoms with E-state index in [1.807, 2.05) is 31.2 Å². The molecule has 1 aliphatic heterocycles. The molecule has 0 fully saturated rings. The molecule has 0 unspecified atom stereocenters. The van der Waals surface area contributed by atoms with E-state index in [2.05, 4.69) is 10.1 Å². The molecule has 1 amide bonds. The number of aromatic nitrogens is 2. The normalized spacial score (nSPS) is 15.9. The predicted molar refractivity (Wildman–Crippen MR) is 116 cm³/mol. The van der Waals surface area contributed by atoms with Gasteiger partial charge in [0.1, 0.15) is 11.3 Å². The molecule has 0 spiro atoms. The van der Waals surface area contributed by atoms with Crippen LogP contribution in [0.15, 0.2) is 34.2 Å². The summed E-state index contributed by atoms with van der Waals surface area (Å²) in [7, 11) is 1.57. The lowest BCUT2D eigenvalue weighted by molar-refractivity contribution is -0.132. The molecule has 2 aromatic rings. The molecule has 0 aliphatic carbocycles. The van der Waals surface area contributed by atoms with Crippen LogP contribution in [-0.4, -0.2) is 38.4 Å². The van der Waals surface area contributed by atoms with Gasteiger partial charge in [0.15, 0.2) is 4.77 Å². The number of ether oxygens (including phenoxy) is 1. The van der Waals surface area contributed by atoms with Gasteiger partial charge in [-0.2, -0.15) is 5.10 Å². The van der Waals surface area contributed by atoms with E-state index in [0.717, 1.165) is 18.4 Å². The summed E-state index contributed by atoms with van der Waals surface area (Å²) < 4.78 is 7.13. The average Bonchev–Trinajstić information content (AvgIpc) is 3.17. The van der Waals surface area contributed by atoms with Gasteiger partial charge in [0.2, 0.25) is 11.8 Å². The third-order valence-corrected chi connectivity index (χ3v) is 5.48. The van der Waals surface area contributed by atoms with Crippen LogP contribution < -0.4 is 10.3 Å². The van der Waals surface area contributed by atoms with Crippen LogP contribution in [0.5, 0.6) is 11.6 Å². The first-order valence-corrected chi connectivity index (χ1v) is 10.4. The average molecular weight is 431 g/mol. The second-order valence-electron chi connectivity index (χ2n) is 7.06. The van der Waals surface area contributed by atoms with Gasteiger partial charge in [0, 0.05) is 24.9 Å². The van der Waals surface area contributed by atoms with Gasteiger partial charge < -0.3 is 9.84 Å². The third-order valence-electron chi connectivity index (χ3n) is 5.16. The van der Waals surface area contributed by atoms with E-state index >= 15 is 0 Å². The lowest BCUT2D eigenvalue weighted by Crippen LogP contribution is -2.26. The monoisotopic (exact) mass is 430 g/mol. The summed E-state index contributed by atoms with van der Waals surface area (Å²) in [6, 6.07) is 6.96. The van der Waals surface area contributed by atoms with Crippen LogP contribution in [0.25, 0.3) is 0 Å². The van der Waals surface area contributed by atoms with Gasteiger partial charge in [-0.05, 0) is 24.7 Å². The quantitative estimate of drug-likeness (QED) is 0.655. The summed E-state index contributed by atoms with van der Waals surface area (Å²) in [6.45, 7) is 4.26. The second kappa shape index (κ2) is 9.25. The van der Waals surface area contributed by atoms with E-state index in [4.69, 9.17) is 17.0 Å². The minimum Gasteiger partial charge on any atom is -0.496 e. The third kappa shape index (κ3) is 4.02. The summed E-state index contributed by atoms with van der Waals surface area (Å²) in [5.74, 6) is 0.223. The Morgan fingerprint density at radius 2 is 2.10 bits per heavy atom. The van der Waals surface area contributed by atoms with E-state index < -0.39 is 11.6 Å². The molecule has 2 N–H and O–H groups in total. The molecule has 1 aromatic heterocycles. The van der Waals surface area contributed by atoms with Crippen molar-refractivity contribution in [3.8, 4) is 11.6 Å². The van der Waals surface area contributed by atoms with Crippen molar-refractivity contribution in [2.45, 2.75) is 52.1 Å². The van der Waals surface area contributed by atoms with Gasteiger partial charge in [-0.3, -0.25) is 19.1 Å². The predicted octanol–water partition coefficient (Wildman–Crippen LogP) is 3.51. The highest BCUT2D eigenvalue weighted by Gasteiger charge is 2.36. The summed E-state index contributed by atoms with van der Waals surface area (Å²) in [6.07, 6.45) is 2.23. The number of H-pyrrole nitrogens is 1. The smallest absolute Gasteiger partial charge is 0.264 e. The number of carbonyl (C=O) groups is 1. The zero-order valence-electron chi connectivity index (χ0n) is 17.3. The number of carbonyl (C=O) groups excluding carboxylic acids is 1. The first-order chi connectivity index (χ1) is 14.4. The first-order valence-electron chi connectivity index (χ1n) is 10.0. The highest BCUT2D eigenvalue weighted by Crippen LogP contribution is 2.38. The number of benzene rings is 1. The molecule has 0 saturated carbocycles. The summed E-state index contributed by atoms with van der Waals surface area (Å²) >= 11 is 5.22. The van der Waals surface area contributed by atoms with Gasteiger partial charge in [-0.1, -0.05) is 38.5 Å². The molecule has 1 atom stereocenters. The molecule has 3 rings (SSSR count). The maximum absolute atomic E-state index is 12.7. The largest absolute Gasteiger partial charge is 0.496 e. The minimum absolute atomic E-state index is 0.0472. The van der Waals surface area contributed by atoms with E-state index in [0.29, 0.717) is 18.0 Å². The summed E-state index contributed by atoms with van der Waals surface area (Å²) in [4.78, 5) is 27.9. The van der Waals surface area contributed by atoms with Crippen LogP contribution >= 0.6 is 12.2 Å². The molecule has 0 radical (unpaired) electrons. The second-order valence-corrected chi connectivity index (χ2v) is 7.45. The lowest BCUT2D eigenvalue weighted by atomic mass is 9.98. The number of para-hydroxylation sites is 1. The number of amides is 1. The molecule has 160 valence electrons. The van der Waals surface area contributed by atoms with E-state index in [1.54, 1.807) is 14.0 Å². The van der Waals surface area contributed by atoms with Crippen molar-refractivity contribution < 1.29 is 14.6 Å². The molecule has 8 nitrogen and oxygen atoms in total. The zero-order chi connectivity index (χ0) is 21.8. The maximum Gasteiger partial charge on any atom is 0.264 e. The molecule has 2 heterocycles. The number of rotatable bonds is 7. The van der Waals surface area contributed by atoms with E-state index in [1.165, 1.54) is 9.58 Å². The number of hydrogen-bond donors (Lipinski definition) is 2. The molecule has 1 aliphatic rings. The summed E-state index contributed by atoms with van der Waals surface area (Å²) in [5.41, 5.74) is 0.654. The Hall–Kier alpha value is -2.94. The number of unbranched alkanes of at least 4 members (excludes halogenated alkanes) is 1. The Bertz CT molecular complexity index is 1090. The van der Waals surface area contributed by atoms with E-state index in [9.17, 15) is 14.7 Å². The van der Waals surface area contributed by atoms with Crippen LogP contribution in [0.2, 0.25) is 0 Å². The van der Waals surface area contributed by atoms with Crippen molar-refractivity contribution in [3.63, 3.8) is 0 Å². The van der Waals surface area contributed by atoms with Crippen molar-refractivity contribution in [1.29, 1.82) is 0 Å². The van der Waals surface area contributed by atoms with Crippen LogP contribution in [0.1, 0.15) is 56.7 Å². The number of hydrogen-bond acceptors (Lipinski definition) is 6. The first kappa shape index (κ1) is 21.8. The molecule has 1 aromatic carbocycles. The van der Waals surface area contributed by atoms with Crippen LogP contribution in [-0.2, 0) is 11.3 Å². The topological polar surface area (TPSA) is 99.9 Å². The number of aromatic amines is 1. The fourth-order valence-corrected chi connectivity index (χ4v) is 3.85. The van der Waals surface area contributed by atoms with Gasteiger partial charge >= 0.3 is 0 Å². The van der Waals surface area contributed by atoms with Crippen LogP contribution in [0, 0.1) is 4.77 Å². The Labute approximate surface area is 179 Å². The Kier molecular flexibility index (Phi) is 6.71. The fraction of sp³-hybridized carbons (Fsp3) is 0.429. The molecule has 30 heavy (non-hydrogen) atoms. The van der Waals surface area contributed by atoms with Crippen molar-refractivity contribution in [2.75, 3.05) is 7.11 Å². The molecular formula is C21H26N4O4S. The maximum atomic E-state index is 12.7. The number of hydrazone groups is 1. The number of nitrogens with zero attached hydrogens (tertiary/aromatic N) is 3. The molecular weight excluding hydrogens is 404 g/mol. The van der Waals surface area contributed by atoms with Gasteiger partial charge in [0.25, 0.3) is 5.56 Å². The highest BCUT2D eigenvalue weighted by atomic mass is 32.1. The van der Waals surface area contributed by atoms with Crippen molar-refractivity contribution in [3.05, 3.63) is 50.5 Å². The molecule has 0 bridgehead atoms. The fourth-order valence-electron chi connectivity index (χ4n) is 3.58. The number of methoxy groups -OCH3 is 1. The molecule has 9 heteroatoms. The van der Waals surface area contributed by atoms with Crippen molar-refractivity contribution in [2.24, 2.45) is 5.10 Å². The van der Waals surface area contributed by atoms with E-state index in [-0.39, 0.29) is 35.0 Å². The lowest BCUT2D eigenvalue weighted by Gasteiger charge is -2.23. The number of nitrogens with one attached hydrogen (secondary N) is 1. The molecule has 0 saturated heterocycles. The number of aromatic hydroxyl groups is 1. The Morgan fingerprint density at radius 1 is 1.37 bits per heavy atom. The zero-order valence-corrected chi connectivity index (χ0v) is 18.2. The Morgan fingerprint density at radius 3 is 2.77 bits per heavy atom. The summed E-state index contributed by atoms with van der Waals surface area (Å²) in [5, 5.41) is 16.7. The van der Waals surface area contributed by atoms with Gasteiger partial charge in [-0.25, -0.2) is 5.01 Å². The van der Waals surface area contributed by atoms with Crippen LogP contribution in [0.4, 0.5) is 0 Å². The van der Waals surface area contributed by atoms with Gasteiger partial charge in [-0.15, -0.1) is 0 Å². The Balaban J connectivity index is 2.10. The SMILES string of the molecule is CCCCn1c(O)c(C2=NN(C(=O)CC)[C@H](c3ccccc3OC)C2)c(=O)[nH]c1=S. The van der Waals surface area contributed by atoms with Crippen LogP contribution in [0.3, 0.4) is 0 Å². The van der Waals surface area contributed by atoms with Crippen molar-refractivity contribution >= 4 is 23.8 Å². The highest BCUT2D eigenvalue weighted by molar-refractivity contribution is 7.71. The minimum atomic E-state index is -0.520. The standard InChI is InChI=1S/C21H26N4O4S/c1-4-6-11-24-20(28)18(19(27)22-21(24)30)14-12-15(25(23-14)17(26)5-2)13-9-7-8-10-16(13)29-3/h7-10,15,28H,4-6,11-12H2,1-3H3,(H,22,27,30)/t15-/m0/s1. The van der Waals surface area contributed by atoms with Gasteiger partial charge in [0.05, 0.1) is 18.9 Å².